The highest BCUT2D eigenvalue weighted by atomic mass is 32.2. The van der Waals surface area contributed by atoms with Gasteiger partial charge in [0.25, 0.3) is 10.0 Å². The maximum Gasteiger partial charge on any atom is 0.262 e. The van der Waals surface area contributed by atoms with Crippen molar-refractivity contribution >= 4 is 15.7 Å². The Hall–Kier alpha value is -3.45. The quantitative estimate of drug-likeness (QED) is 0.533. The van der Waals surface area contributed by atoms with E-state index in [0.717, 1.165) is 22.4 Å². The van der Waals surface area contributed by atoms with Crippen molar-refractivity contribution in [3.05, 3.63) is 84.8 Å². The average molecular weight is 390 g/mol. The smallest absolute Gasteiger partial charge is 0.262 e. The number of hydrogen-bond acceptors (Lipinski definition) is 4. The Balaban J connectivity index is 1.69. The van der Waals surface area contributed by atoms with E-state index in [1.165, 1.54) is 0 Å². The van der Waals surface area contributed by atoms with Gasteiger partial charge in [0, 0.05) is 29.2 Å². The van der Waals surface area contributed by atoms with Crippen LogP contribution in [0.3, 0.4) is 0 Å². The number of nitrogens with zero attached hydrogens (tertiary/aromatic N) is 2. The van der Waals surface area contributed by atoms with Crippen molar-refractivity contribution in [2.45, 2.75) is 11.8 Å². The fourth-order valence-corrected chi connectivity index (χ4v) is 4.36. The van der Waals surface area contributed by atoms with Gasteiger partial charge in [0.15, 0.2) is 0 Å². The highest BCUT2D eigenvalue weighted by molar-refractivity contribution is 7.92. The summed E-state index contributed by atoms with van der Waals surface area (Å²) in [5.74, 6) is 0. The first kappa shape index (κ1) is 17.9. The first-order valence-corrected chi connectivity index (χ1v) is 10.2. The van der Waals surface area contributed by atoms with Gasteiger partial charge in [-0.05, 0) is 48.4 Å². The van der Waals surface area contributed by atoms with Gasteiger partial charge in [-0.15, -0.1) is 0 Å². The Labute approximate surface area is 163 Å². The summed E-state index contributed by atoms with van der Waals surface area (Å²) in [7, 11) is -3.68. The molecule has 0 fully saturated rings. The van der Waals surface area contributed by atoms with Crippen molar-refractivity contribution in [1.82, 2.24) is 15.2 Å². The summed E-state index contributed by atoms with van der Waals surface area (Å²) in [4.78, 5) is 4.30. The highest BCUT2D eigenvalue weighted by Gasteiger charge is 2.17. The summed E-state index contributed by atoms with van der Waals surface area (Å²) in [6, 6.07) is 17.9. The molecule has 4 rings (SSSR count). The Morgan fingerprint density at radius 3 is 2.50 bits per heavy atom. The molecule has 6 nitrogen and oxygen atoms in total. The highest BCUT2D eigenvalue weighted by Crippen LogP contribution is 2.31. The molecule has 0 unspecified atom stereocenters. The molecule has 0 radical (unpaired) electrons. The fourth-order valence-electron chi connectivity index (χ4n) is 3.06. The van der Waals surface area contributed by atoms with Crippen LogP contribution in [0.1, 0.15) is 5.56 Å². The maximum absolute atomic E-state index is 12.8. The van der Waals surface area contributed by atoms with Crippen LogP contribution in [0.15, 0.2) is 84.1 Å². The van der Waals surface area contributed by atoms with Gasteiger partial charge in [-0.2, -0.15) is 5.10 Å². The maximum atomic E-state index is 12.8. The van der Waals surface area contributed by atoms with Gasteiger partial charge in [0.05, 0.1) is 16.8 Å². The molecule has 0 aliphatic heterocycles. The number of aromatic amines is 1. The second kappa shape index (κ2) is 7.28. The second-order valence-electron chi connectivity index (χ2n) is 6.35. The zero-order valence-electron chi connectivity index (χ0n) is 15.1. The van der Waals surface area contributed by atoms with E-state index < -0.39 is 10.0 Å². The van der Waals surface area contributed by atoms with Crippen LogP contribution >= 0.6 is 0 Å². The largest absolute Gasteiger partial charge is 0.280 e. The number of hydrogen-bond donors (Lipinski definition) is 2. The third-order valence-corrected chi connectivity index (χ3v) is 5.96. The van der Waals surface area contributed by atoms with Gasteiger partial charge in [-0.25, -0.2) is 8.42 Å². The lowest BCUT2D eigenvalue weighted by molar-refractivity contribution is 0.600. The van der Waals surface area contributed by atoms with Crippen molar-refractivity contribution in [2.75, 3.05) is 4.72 Å². The number of H-pyrrole nitrogens is 1. The van der Waals surface area contributed by atoms with Gasteiger partial charge in [0.1, 0.15) is 0 Å². The molecule has 0 amide bonds. The summed E-state index contributed by atoms with van der Waals surface area (Å²) in [6.07, 6.45) is 5.19. The molecule has 0 bridgehead atoms. The normalized spacial score (nSPS) is 11.3. The molecule has 2 heterocycles. The molecule has 0 aliphatic carbocycles. The number of sulfonamides is 1. The van der Waals surface area contributed by atoms with Crippen molar-refractivity contribution in [2.24, 2.45) is 0 Å². The monoisotopic (exact) mass is 390 g/mol. The Morgan fingerprint density at radius 2 is 1.71 bits per heavy atom. The summed E-state index contributed by atoms with van der Waals surface area (Å²) in [5, 5.41) is 7.16. The standard InChI is InChI=1S/C21H18N4O2S/c1-15-5-2-3-8-20(15)28(26,27)25-18-7-4-6-17(13-18)21-19(14-23-24-21)16-9-11-22-12-10-16/h2-14,25H,1H3,(H,23,24). The minimum absolute atomic E-state index is 0.263. The summed E-state index contributed by atoms with van der Waals surface area (Å²) < 4.78 is 28.2. The topological polar surface area (TPSA) is 87.7 Å². The van der Waals surface area contributed by atoms with Crippen molar-refractivity contribution < 1.29 is 8.42 Å². The number of pyridine rings is 1. The number of benzene rings is 2. The number of aromatic nitrogens is 3. The Bertz CT molecular complexity index is 1220. The molecule has 2 N–H and O–H groups in total. The van der Waals surface area contributed by atoms with E-state index in [0.29, 0.717) is 11.3 Å². The molecule has 0 spiro atoms. The molecular formula is C21H18N4O2S. The lowest BCUT2D eigenvalue weighted by Gasteiger charge is -2.11. The van der Waals surface area contributed by atoms with Gasteiger partial charge in [-0.1, -0.05) is 30.3 Å². The summed E-state index contributed by atoms with van der Waals surface area (Å²) in [5.41, 5.74) is 4.71. The lowest BCUT2D eigenvalue weighted by atomic mass is 10.0. The van der Waals surface area contributed by atoms with E-state index >= 15 is 0 Å². The minimum atomic E-state index is -3.68. The third-order valence-electron chi connectivity index (χ3n) is 4.42. The fraction of sp³-hybridized carbons (Fsp3) is 0.0476. The Kier molecular flexibility index (Phi) is 4.67. The van der Waals surface area contributed by atoms with Crippen molar-refractivity contribution in [3.8, 4) is 22.4 Å². The van der Waals surface area contributed by atoms with Gasteiger partial charge < -0.3 is 0 Å². The van der Waals surface area contributed by atoms with Crippen molar-refractivity contribution in [3.63, 3.8) is 0 Å². The van der Waals surface area contributed by atoms with E-state index in [-0.39, 0.29) is 4.90 Å². The molecule has 7 heteroatoms. The van der Waals surface area contributed by atoms with Gasteiger partial charge in [-0.3, -0.25) is 14.8 Å². The molecule has 0 atom stereocenters. The molecule has 4 aromatic rings. The van der Waals surface area contributed by atoms with Gasteiger partial charge in [0.2, 0.25) is 0 Å². The molecule has 0 aliphatic rings. The Morgan fingerprint density at radius 1 is 0.929 bits per heavy atom. The number of nitrogens with one attached hydrogen (secondary N) is 2. The van der Waals surface area contributed by atoms with E-state index in [4.69, 9.17) is 0 Å². The van der Waals surface area contributed by atoms with Crippen LogP contribution in [0.2, 0.25) is 0 Å². The van der Waals surface area contributed by atoms with Crippen LogP contribution in [0.4, 0.5) is 5.69 Å². The van der Waals surface area contributed by atoms with Crippen LogP contribution in [0, 0.1) is 6.92 Å². The predicted octanol–water partition coefficient (Wildman–Crippen LogP) is 4.25. The molecule has 140 valence electrons. The summed E-state index contributed by atoms with van der Waals surface area (Å²) in [6.45, 7) is 1.77. The minimum Gasteiger partial charge on any atom is -0.280 e. The number of anilines is 1. The van der Waals surface area contributed by atoms with Gasteiger partial charge >= 0.3 is 0 Å². The van der Waals surface area contributed by atoms with Crippen molar-refractivity contribution in [1.29, 1.82) is 0 Å². The molecule has 0 saturated heterocycles. The first-order chi connectivity index (χ1) is 13.5. The summed E-state index contributed by atoms with van der Waals surface area (Å²) >= 11 is 0. The van der Waals surface area contributed by atoms with E-state index in [2.05, 4.69) is 19.9 Å². The van der Waals surface area contributed by atoms with Crippen LogP contribution in [-0.4, -0.2) is 23.6 Å². The third kappa shape index (κ3) is 3.52. The van der Waals surface area contributed by atoms with Crippen LogP contribution in [0.5, 0.6) is 0 Å². The SMILES string of the molecule is Cc1ccccc1S(=O)(=O)Nc1cccc(-c2[nH]ncc2-c2ccncc2)c1. The zero-order valence-corrected chi connectivity index (χ0v) is 15.9. The average Bonchev–Trinajstić information content (AvgIpc) is 3.19. The number of aryl methyl sites for hydroxylation is 1. The first-order valence-electron chi connectivity index (χ1n) is 8.67. The second-order valence-corrected chi connectivity index (χ2v) is 8.00. The predicted molar refractivity (Wildman–Crippen MR) is 109 cm³/mol. The lowest BCUT2D eigenvalue weighted by Crippen LogP contribution is -2.14. The van der Waals surface area contributed by atoms with Crippen LogP contribution < -0.4 is 4.72 Å². The van der Waals surface area contributed by atoms with E-state index in [9.17, 15) is 8.42 Å². The molecule has 2 aromatic heterocycles. The molecule has 0 saturated carbocycles. The zero-order chi connectivity index (χ0) is 19.6. The molecule has 28 heavy (non-hydrogen) atoms. The van der Waals surface area contributed by atoms with E-state index in [1.807, 2.05) is 30.3 Å². The number of rotatable bonds is 5. The molecule has 2 aromatic carbocycles. The molecular weight excluding hydrogens is 372 g/mol. The van der Waals surface area contributed by atoms with Crippen LogP contribution in [0.25, 0.3) is 22.4 Å². The van der Waals surface area contributed by atoms with E-state index in [1.54, 1.807) is 55.8 Å². The van der Waals surface area contributed by atoms with Crippen LogP contribution in [-0.2, 0) is 10.0 Å².